The largest absolute Gasteiger partial charge is 0.467 e. The number of hydrogen-bond acceptors (Lipinski definition) is 6. The number of nitrogens with zero attached hydrogens (tertiary/aromatic N) is 2. The zero-order chi connectivity index (χ0) is 21.7. The van der Waals surface area contributed by atoms with E-state index < -0.39 is 23.7 Å². The van der Waals surface area contributed by atoms with Crippen LogP contribution in [0.1, 0.15) is 11.5 Å². The molecule has 0 spiro atoms. The normalized spacial score (nSPS) is 38.9. The van der Waals surface area contributed by atoms with Crippen molar-refractivity contribution in [2.24, 2.45) is 47.3 Å². The molecule has 8 heteroatoms. The van der Waals surface area contributed by atoms with Crippen LogP contribution in [0.3, 0.4) is 0 Å². The van der Waals surface area contributed by atoms with Gasteiger partial charge >= 0.3 is 0 Å². The van der Waals surface area contributed by atoms with Crippen molar-refractivity contribution in [1.82, 2.24) is 9.80 Å². The molecule has 2 saturated heterocycles. The van der Waals surface area contributed by atoms with Crippen LogP contribution in [0.15, 0.2) is 57.8 Å². The SMILES string of the molecule is O=C1[C@H]2[C@H]3C=C[C@@H]([C@@H]2C(=O)N1Cc1ccco1)[C@H]1[C@H]2C(=O)N(Cc4ccco4)C(=O)[C@@H]2[C@H]31. The Bertz CT molecular complexity index is 1130. The van der Waals surface area contributed by atoms with Crippen LogP contribution in [-0.4, -0.2) is 33.4 Å². The minimum atomic E-state index is -0.461. The van der Waals surface area contributed by atoms with E-state index in [1.54, 1.807) is 24.3 Å². The number of imide groups is 2. The quantitative estimate of drug-likeness (QED) is 0.540. The molecule has 32 heavy (non-hydrogen) atoms. The van der Waals surface area contributed by atoms with Gasteiger partial charge in [0.15, 0.2) is 0 Å². The van der Waals surface area contributed by atoms with Crippen LogP contribution < -0.4 is 0 Å². The van der Waals surface area contributed by atoms with E-state index in [1.807, 2.05) is 12.2 Å². The number of likely N-dealkylation sites (tertiary alicyclic amines) is 2. The van der Waals surface area contributed by atoms with Gasteiger partial charge in [-0.3, -0.25) is 29.0 Å². The number of hydrogen-bond donors (Lipinski definition) is 0. The van der Waals surface area contributed by atoms with Crippen molar-refractivity contribution in [3.8, 4) is 0 Å². The predicted octanol–water partition coefficient (Wildman–Crippen LogP) is 1.84. The Morgan fingerprint density at radius 3 is 1.41 bits per heavy atom. The molecule has 0 N–H and O–H groups in total. The molecule has 2 bridgehead atoms. The van der Waals surface area contributed by atoms with E-state index in [1.165, 1.54) is 22.3 Å². The monoisotopic (exact) mass is 432 g/mol. The van der Waals surface area contributed by atoms with Crippen LogP contribution in [0, 0.1) is 47.3 Å². The lowest BCUT2D eigenvalue weighted by molar-refractivity contribution is -0.166. The smallest absolute Gasteiger partial charge is 0.234 e. The fraction of sp³-hybridized carbons (Fsp3) is 0.417. The van der Waals surface area contributed by atoms with Crippen molar-refractivity contribution in [1.29, 1.82) is 0 Å². The highest BCUT2D eigenvalue weighted by molar-refractivity contribution is 6.09. The van der Waals surface area contributed by atoms with Crippen molar-refractivity contribution in [3.05, 3.63) is 60.5 Å². The van der Waals surface area contributed by atoms with Crippen molar-refractivity contribution in [3.63, 3.8) is 0 Å². The molecule has 4 fully saturated rings. The Morgan fingerprint density at radius 2 is 1.03 bits per heavy atom. The standard InChI is InChI=1S/C24H20N2O6/c27-21-17-13-5-6-14(18(17)22(28)25(21)9-11-3-1-7-31-11)16-15(13)19-20(16)24(30)26(23(19)29)10-12-4-2-8-32-12/h1-8,13-20H,9-10H2/t13-,14+,15-,16-,17+,18+,19-,20-/m1/s1. The van der Waals surface area contributed by atoms with Gasteiger partial charge in [0.25, 0.3) is 0 Å². The summed E-state index contributed by atoms with van der Waals surface area (Å²) in [6, 6.07) is 6.94. The van der Waals surface area contributed by atoms with Gasteiger partial charge in [0.2, 0.25) is 23.6 Å². The zero-order valence-corrected chi connectivity index (χ0v) is 17.0. The second kappa shape index (κ2) is 6.09. The van der Waals surface area contributed by atoms with Gasteiger partial charge in [-0.2, -0.15) is 0 Å². The highest BCUT2D eigenvalue weighted by atomic mass is 16.3. The number of rotatable bonds is 4. The Morgan fingerprint density at radius 1 is 0.625 bits per heavy atom. The lowest BCUT2D eigenvalue weighted by Gasteiger charge is -2.60. The van der Waals surface area contributed by atoms with E-state index in [2.05, 4.69) is 0 Å². The van der Waals surface area contributed by atoms with Gasteiger partial charge in [0, 0.05) is 0 Å². The Hall–Kier alpha value is -3.42. The van der Waals surface area contributed by atoms with Gasteiger partial charge in [0.05, 0.1) is 49.3 Å². The third kappa shape index (κ3) is 2.07. The minimum Gasteiger partial charge on any atom is -0.467 e. The molecular formula is C24H20N2O6. The van der Waals surface area contributed by atoms with Crippen molar-refractivity contribution < 1.29 is 28.0 Å². The van der Waals surface area contributed by atoms with Crippen molar-refractivity contribution in [2.45, 2.75) is 13.1 Å². The average Bonchev–Trinajstić information content (AvgIpc) is 3.54. The third-order valence-electron chi connectivity index (χ3n) is 8.31. The van der Waals surface area contributed by atoms with Crippen LogP contribution in [-0.2, 0) is 32.3 Å². The second-order valence-corrected chi connectivity index (χ2v) is 9.48. The molecule has 8 rings (SSSR count). The zero-order valence-electron chi connectivity index (χ0n) is 17.0. The summed E-state index contributed by atoms with van der Waals surface area (Å²) in [6.07, 6.45) is 7.06. The third-order valence-corrected chi connectivity index (χ3v) is 8.31. The summed E-state index contributed by atoms with van der Waals surface area (Å²) in [7, 11) is 0. The maximum atomic E-state index is 13.3. The molecule has 2 aromatic heterocycles. The van der Waals surface area contributed by atoms with Gasteiger partial charge < -0.3 is 8.83 Å². The number of furan rings is 2. The minimum absolute atomic E-state index is 0.0744. The van der Waals surface area contributed by atoms with Gasteiger partial charge in [-0.25, -0.2) is 0 Å². The summed E-state index contributed by atoms with van der Waals surface area (Å²) in [5.74, 6) is -1.92. The highest BCUT2D eigenvalue weighted by Gasteiger charge is 2.74. The maximum absolute atomic E-state index is 13.3. The molecule has 0 unspecified atom stereocenters. The molecule has 4 aliphatic carbocycles. The van der Waals surface area contributed by atoms with E-state index in [-0.39, 0.29) is 60.4 Å². The van der Waals surface area contributed by atoms with E-state index in [0.717, 1.165) is 0 Å². The molecule has 162 valence electrons. The van der Waals surface area contributed by atoms with Crippen LogP contribution in [0.4, 0.5) is 0 Å². The summed E-state index contributed by atoms with van der Waals surface area (Å²) >= 11 is 0. The van der Waals surface area contributed by atoms with Crippen LogP contribution in [0.25, 0.3) is 0 Å². The van der Waals surface area contributed by atoms with Crippen molar-refractivity contribution >= 4 is 23.6 Å². The number of fused-ring (bicyclic) bond motifs is 1. The Kier molecular flexibility index (Phi) is 3.46. The van der Waals surface area contributed by atoms with Crippen molar-refractivity contribution in [2.75, 3.05) is 0 Å². The fourth-order valence-electron chi connectivity index (χ4n) is 7.15. The number of allylic oxidation sites excluding steroid dienone is 2. The molecule has 4 heterocycles. The van der Waals surface area contributed by atoms with E-state index in [0.29, 0.717) is 11.5 Å². The van der Waals surface area contributed by atoms with E-state index >= 15 is 0 Å². The maximum Gasteiger partial charge on any atom is 0.234 e. The molecule has 6 aliphatic rings. The molecule has 0 aromatic carbocycles. The number of amides is 4. The molecule has 2 saturated carbocycles. The average molecular weight is 432 g/mol. The molecule has 2 aromatic rings. The first kappa shape index (κ1) is 18.2. The summed E-state index contributed by atoms with van der Waals surface area (Å²) in [6.45, 7) is 0.246. The highest BCUT2D eigenvalue weighted by Crippen LogP contribution is 2.68. The summed E-state index contributed by atoms with van der Waals surface area (Å²) in [5, 5.41) is 0. The molecule has 8 nitrogen and oxygen atoms in total. The molecular weight excluding hydrogens is 412 g/mol. The first-order valence-corrected chi connectivity index (χ1v) is 11.0. The summed E-state index contributed by atoms with van der Waals surface area (Å²) < 4.78 is 10.7. The van der Waals surface area contributed by atoms with E-state index in [4.69, 9.17) is 8.83 Å². The molecule has 8 atom stereocenters. The molecule has 2 aliphatic heterocycles. The molecule has 4 amide bonds. The lowest BCUT2D eigenvalue weighted by Crippen LogP contribution is -2.63. The van der Waals surface area contributed by atoms with Crippen LogP contribution >= 0.6 is 0 Å². The summed E-state index contributed by atoms with van der Waals surface area (Å²) in [4.78, 5) is 55.6. The number of carbonyl (C=O) groups excluding carboxylic acids is 4. The Labute approximate surface area is 182 Å². The fourth-order valence-corrected chi connectivity index (χ4v) is 7.15. The number of carbonyl (C=O) groups is 4. The van der Waals surface area contributed by atoms with E-state index in [9.17, 15) is 19.2 Å². The van der Waals surface area contributed by atoms with Crippen LogP contribution in [0.2, 0.25) is 0 Å². The summed E-state index contributed by atoms with van der Waals surface area (Å²) in [5.41, 5.74) is 0. The second-order valence-electron chi connectivity index (χ2n) is 9.48. The van der Waals surface area contributed by atoms with Gasteiger partial charge in [-0.15, -0.1) is 0 Å². The van der Waals surface area contributed by atoms with Gasteiger partial charge in [-0.05, 0) is 47.9 Å². The predicted molar refractivity (Wildman–Crippen MR) is 106 cm³/mol. The Balaban J connectivity index is 1.20. The first-order chi connectivity index (χ1) is 15.6. The van der Waals surface area contributed by atoms with Crippen LogP contribution in [0.5, 0.6) is 0 Å². The topological polar surface area (TPSA) is 101 Å². The molecule has 0 radical (unpaired) electrons. The first-order valence-electron chi connectivity index (χ1n) is 11.0. The van der Waals surface area contributed by atoms with Gasteiger partial charge in [0.1, 0.15) is 11.5 Å². The van der Waals surface area contributed by atoms with Gasteiger partial charge in [-0.1, -0.05) is 12.2 Å². The lowest BCUT2D eigenvalue weighted by atomic mass is 9.40.